The Labute approximate surface area is 109 Å². The summed E-state index contributed by atoms with van der Waals surface area (Å²) in [5, 5.41) is 0. The molecule has 0 bridgehead atoms. The Morgan fingerprint density at radius 3 is 2.44 bits per heavy atom. The summed E-state index contributed by atoms with van der Waals surface area (Å²) in [6.45, 7) is 4.32. The molecule has 1 heterocycles. The van der Waals surface area contributed by atoms with E-state index >= 15 is 0 Å². The van der Waals surface area contributed by atoms with Crippen molar-refractivity contribution in [2.45, 2.75) is 32.6 Å². The van der Waals surface area contributed by atoms with Crippen LogP contribution in [0.1, 0.15) is 43.0 Å². The van der Waals surface area contributed by atoms with Crippen molar-refractivity contribution in [1.82, 2.24) is 4.90 Å². The minimum Gasteiger partial charge on any atom is -0.375 e. The zero-order valence-corrected chi connectivity index (χ0v) is 11.1. The molecule has 96 valence electrons. The normalized spacial score (nSPS) is 16.7. The molecule has 1 saturated heterocycles. The zero-order chi connectivity index (χ0) is 12.8. The van der Waals surface area contributed by atoms with Crippen molar-refractivity contribution < 1.29 is 4.79 Å². The van der Waals surface area contributed by atoms with Crippen LogP contribution in [0.25, 0.3) is 0 Å². The van der Waals surface area contributed by atoms with Crippen molar-refractivity contribution in [3.63, 3.8) is 0 Å². The van der Waals surface area contributed by atoms with Gasteiger partial charge in [-0.15, -0.1) is 0 Å². The molecule has 0 saturated carbocycles. The highest BCUT2D eigenvalue weighted by Crippen LogP contribution is 2.17. The fraction of sp³-hybridized carbons (Fsp3) is 0.438. The van der Waals surface area contributed by atoms with Crippen LogP contribution in [0.2, 0.25) is 0 Å². The summed E-state index contributed by atoms with van der Waals surface area (Å²) in [6, 6.07) is 9.51. The van der Waals surface area contributed by atoms with Crippen LogP contribution < -0.4 is 0 Å². The summed E-state index contributed by atoms with van der Waals surface area (Å²) in [4.78, 5) is 14.5. The lowest BCUT2D eigenvalue weighted by atomic mass is 10.1. The van der Waals surface area contributed by atoms with E-state index in [2.05, 4.69) is 11.8 Å². The molecule has 2 heteroatoms. The van der Waals surface area contributed by atoms with Gasteiger partial charge in [-0.3, -0.25) is 4.79 Å². The van der Waals surface area contributed by atoms with Crippen LogP contribution >= 0.6 is 0 Å². The minimum absolute atomic E-state index is 0.123. The van der Waals surface area contributed by atoms with E-state index in [1.165, 1.54) is 25.0 Å². The molecule has 1 fully saturated rings. The average Bonchev–Trinajstić information content (AvgIpc) is 2.46. The summed E-state index contributed by atoms with van der Waals surface area (Å²) < 4.78 is 0. The number of benzene rings is 1. The van der Waals surface area contributed by atoms with Gasteiger partial charge in [-0.2, -0.15) is 0 Å². The number of nitrogens with zero attached hydrogens (tertiary/aromatic N) is 1. The summed E-state index contributed by atoms with van der Waals surface area (Å²) in [5.41, 5.74) is 1.96. The Hall–Kier alpha value is -1.57. The highest BCUT2D eigenvalue weighted by molar-refractivity contribution is 6.04. The Morgan fingerprint density at radius 1 is 1.17 bits per heavy atom. The molecule has 0 atom stereocenters. The Morgan fingerprint density at radius 2 is 1.83 bits per heavy atom. The lowest BCUT2D eigenvalue weighted by molar-refractivity contribution is 0.104. The van der Waals surface area contributed by atoms with Crippen molar-refractivity contribution in [3.05, 3.63) is 47.7 Å². The van der Waals surface area contributed by atoms with E-state index in [9.17, 15) is 4.79 Å². The van der Waals surface area contributed by atoms with Gasteiger partial charge in [-0.1, -0.05) is 37.3 Å². The lowest BCUT2D eigenvalue weighted by Crippen LogP contribution is -2.29. The smallest absolute Gasteiger partial charge is 0.187 e. The predicted molar refractivity (Wildman–Crippen MR) is 74.6 cm³/mol. The Kier molecular flexibility index (Phi) is 4.57. The molecule has 2 rings (SSSR count). The fourth-order valence-corrected chi connectivity index (χ4v) is 2.44. The maximum absolute atomic E-state index is 12.2. The number of hydrogen-bond acceptors (Lipinski definition) is 2. The summed E-state index contributed by atoms with van der Waals surface area (Å²) in [7, 11) is 0. The maximum atomic E-state index is 12.2. The van der Waals surface area contributed by atoms with E-state index in [1.807, 2.05) is 36.4 Å². The molecule has 2 nitrogen and oxygen atoms in total. The van der Waals surface area contributed by atoms with Crippen LogP contribution in [0.15, 0.2) is 42.1 Å². The van der Waals surface area contributed by atoms with Gasteiger partial charge in [0.15, 0.2) is 5.78 Å². The van der Waals surface area contributed by atoms with Crippen molar-refractivity contribution in [2.24, 2.45) is 0 Å². The van der Waals surface area contributed by atoms with Crippen LogP contribution in [0.5, 0.6) is 0 Å². The van der Waals surface area contributed by atoms with Crippen LogP contribution in [0.3, 0.4) is 0 Å². The largest absolute Gasteiger partial charge is 0.375 e. The Bertz CT molecular complexity index is 416. The van der Waals surface area contributed by atoms with Gasteiger partial charge in [-0.25, -0.2) is 0 Å². The van der Waals surface area contributed by atoms with Crippen molar-refractivity contribution >= 4 is 5.78 Å². The maximum Gasteiger partial charge on any atom is 0.187 e. The van der Waals surface area contributed by atoms with Crippen LogP contribution in [0, 0.1) is 0 Å². The molecule has 0 aromatic heterocycles. The molecule has 0 spiro atoms. The minimum atomic E-state index is 0.123. The standard InChI is InChI=1S/C16H21NO/c1-2-15(17-11-7-4-8-12-17)13-16(18)14-9-5-3-6-10-14/h3,5-6,9-10,13H,2,4,7-8,11-12H2,1H3/b15-13+. The monoisotopic (exact) mass is 243 g/mol. The average molecular weight is 243 g/mol. The fourth-order valence-electron chi connectivity index (χ4n) is 2.44. The van der Waals surface area contributed by atoms with Gasteiger partial charge in [0.05, 0.1) is 0 Å². The molecule has 0 radical (unpaired) electrons. The van der Waals surface area contributed by atoms with Crippen molar-refractivity contribution in [1.29, 1.82) is 0 Å². The van der Waals surface area contributed by atoms with Gasteiger partial charge in [0.1, 0.15) is 0 Å². The lowest BCUT2D eigenvalue weighted by Gasteiger charge is -2.30. The quantitative estimate of drug-likeness (QED) is 0.594. The van der Waals surface area contributed by atoms with E-state index < -0.39 is 0 Å². The topological polar surface area (TPSA) is 20.3 Å². The highest BCUT2D eigenvalue weighted by Gasteiger charge is 2.13. The Balaban J connectivity index is 2.11. The molecule has 1 aromatic carbocycles. The van der Waals surface area contributed by atoms with E-state index in [0.717, 1.165) is 25.1 Å². The first kappa shape index (κ1) is 12.9. The first-order valence-electron chi connectivity index (χ1n) is 6.86. The zero-order valence-electron chi connectivity index (χ0n) is 11.1. The van der Waals surface area contributed by atoms with Crippen LogP contribution in [0.4, 0.5) is 0 Å². The molecule has 0 aliphatic carbocycles. The third-order valence-corrected chi connectivity index (χ3v) is 3.48. The molecule has 1 aromatic rings. The molecular weight excluding hydrogens is 222 g/mol. The third-order valence-electron chi connectivity index (χ3n) is 3.48. The molecular formula is C16H21NO. The first-order chi connectivity index (χ1) is 8.81. The third kappa shape index (κ3) is 3.22. The second-order valence-corrected chi connectivity index (χ2v) is 4.77. The number of carbonyl (C=O) groups is 1. The van der Waals surface area contributed by atoms with Crippen molar-refractivity contribution in [3.8, 4) is 0 Å². The molecule has 0 unspecified atom stereocenters. The number of hydrogen-bond donors (Lipinski definition) is 0. The molecule has 1 aliphatic heterocycles. The van der Waals surface area contributed by atoms with E-state index in [4.69, 9.17) is 0 Å². The number of allylic oxidation sites excluding steroid dienone is 2. The van der Waals surface area contributed by atoms with Gasteiger partial charge in [0.25, 0.3) is 0 Å². The molecule has 1 aliphatic rings. The highest BCUT2D eigenvalue weighted by atomic mass is 16.1. The summed E-state index contributed by atoms with van der Waals surface area (Å²) in [6.07, 6.45) is 6.56. The predicted octanol–water partition coefficient (Wildman–Crippen LogP) is 3.65. The number of piperidine rings is 1. The summed E-state index contributed by atoms with van der Waals surface area (Å²) >= 11 is 0. The number of ketones is 1. The van der Waals surface area contributed by atoms with Gasteiger partial charge >= 0.3 is 0 Å². The van der Waals surface area contributed by atoms with Gasteiger partial charge in [-0.05, 0) is 25.7 Å². The van der Waals surface area contributed by atoms with E-state index in [1.54, 1.807) is 0 Å². The van der Waals surface area contributed by atoms with Gasteiger partial charge in [0, 0.05) is 30.4 Å². The van der Waals surface area contributed by atoms with E-state index in [-0.39, 0.29) is 5.78 Å². The second-order valence-electron chi connectivity index (χ2n) is 4.77. The number of likely N-dealkylation sites (tertiary alicyclic amines) is 1. The first-order valence-corrected chi connectivity index (χ1v) is 6.86. The SMILES string of the molecule is CC/C(=C\C(=O)c1ccccc1)N1CCCCC1. The summed E-state index contributed by atoms with van der Waals surface area (Å²) in [5.74, 6) is 0.123. The molecule has 0 amide bonds. The van der Waals surface area contributed by atoms with Crippen LogP contribution in [-0.4, -0.2) is 23.8 Å². The van der Waals surface area contributed by atoms with Gasteiger partial charge in [0.2, 0.25) is 0 Å². The van der Waals surface area contributed by atoms with Crippen molar-refractivity contribution in [2.75, 3.05) is 13.1 Å². The van der Waals surface area contributed by atoms with Crippen LogP contribution in [-0.2, 0) is 0 Å². The second kappa shape index (κ2) is 6.39. The molecule has 0 N–H and O–H groups in total. The molecule has 18 heavy (non-hydrogen) atoms. The number of rotatable bonds is 4. The van der Waals surface area contributed by atoms with Gasteiger partial charge < -0.3 is 4.90 Å². The number of carbonyl (C=O) groups excluding carboxylic acids is 1. The van der Waals surface area contributed by atoms with E-state index in [0.29, 0.717) is 0 Å².